The number of nitrogens with one attached hydrogen (secondary N) is 2. The third-order valence-corrected chi connectivity index (χ3v) is 2.72. The van der Waals surface area contributed by atoms with Crippen molar-refractivity contribution in [2.45, 2.75) is 19.4 Å². The van der Waals surface area contributed by atoms with E-state index in [1.807, 2.05) is 30.5 Å². The second-order valence-electron chi connectivity index (χ2n) is 3.83. The Balaban J connectivity index is 2.07. The minimum atomic E-state index is 0.231. The summed E-state index contributed by atoms with van der Waals surface area (Å²) >= 11 is 0. The van der Waals surface area contributed by atoms with Crippen molar-refractivity contribution < 1.29 is 4.74 Å². The molecule has 0 radical (unpaired) electrons. The van der Waals surface area contributed by atoms with Crippen LogP contribution in [-0.4, -0.2) is 17.1 Å². The van der Waals surface area contributed by atoms with Crippen molar-refractivity contribution in [2.24, 2.45) is 0 Å². The number of methoxy groups -OCH3 is 1. The van der Waals surface area contributed by atoms with E-state index < -0.39 is 0 Å². The van der Waals surface area contributed by atoms with Crippen LogP contribution in [0.1, 0.15) is 25.1 Å². The molecule has 2 N–H and O–H groups in total. The van der Waals surface area contributed by atoms with Crippen molar-refractivity contribution in [1.29, 1.82) is 0 Å². The normalized spacial score (nSPS) is 12.1. The van der Waals surface area contributed by atoms with Gasteiger partial charge in [0.2, 0.25) is 0 Å². The van der Waals surface area contributed by atoms with Gasteiger partial charge < -0.3 is 15.0 Å². The molecule has 17 heavy (non-hydrogen) atoms. The van der Waals surface area contributed by atoms with Crippen molar-refractivity contribution >= 4 is 5.69 Å². The van der Waals surface area contributed by atoms with Crippen molar-refractivity contribution in [3.8, 4) is 5.75 Å². The Morgan fingerprint density at radius 2 is 2.12 bits per heavy atom. The second kappa shape index (κ2) is 5.39. The summed E-state index contributed by atoms with van der Waals surface area (Å²) < 4.78 is 5.13. The Labute approximate surface area is 101 Å². The van der Waals surface area contributed by atoms with E-state index in [1.165, 1.54) is 0 Å². The lowest BCUT2D eigenvalue weighted by atomic mass is 10.1. The Hall–Kier alpha value is -1.97. The third kappa shape index (κ3) is 2.78. The molecule has 0 aliphatic carbocycles. The minimum Gasteiger partial charge on any atom is -0.497 e. The van der Waals surface area contributed by atoms with E-state index in [0.29, 0.717) is 0 Å². The maximum absolute atomic E-state index is 5.13. The van der Waals surface area contributed by atoms with E-state index >= 15 is 0 Å². The fourth-order valence-corrected chi connectivity index (χ4v) is 1.74. The number of nitrogens with zero attached hydrogens (tertiary/aromatic N) is 1. The number of hydrogen-bond acceptors (Lipinski definition) is 3. The van der Waals surface area contributed by atoms with Gasteiger partial charge in [0.05, 0.1) is 25.2 Å². The van der Waals surface area contributed by atoms with E-state index in [9.17, 15) is 0 Å². The molecule has 0 fully saturated rings. The quantitative estimate of drug-likeness (QED) is 0.831. The average molecular weight is 231 g/mol. The fraction of sp³-hybridized carbons (Fsp3) is 0.308. The van der Waals surface area contributed by atoms with Crippen LogP contribution in [-0.2, 0) is 0 Å². The van der Waals surface area contributed by atoms with Crippen LogP contribution in [0.15, 0.2) is 36.8 Å². The Bertz CT molecular complexity index is 436. The first-order valence-corrected chi connectivity index (χ1v) is 5.72. The molecule has 0 aliphatic heterocycles. The van der Waals surface area contributed by atoms with Crippen LogP contribution in [0.2, 0.25) is 0 Å². The van der Waals surface area contributed by atoms with E-state index in [1.54, 1.807) is 13.4 Å². The van der Waals surface area contributed by atoms with Gasteiger partial charge in [0, 0.05) is 11.9 Å². The van der Waals surface area contributed by atoms with E-state index in [2.05, 4.69) is 22.2 Å². The van der Waals surface area contributed by atoms with Crippen molar-refractivity contribution in [3.63, 3.8) is 0 Å². The first-order chi connectivity index (χ1) is 8.33. The predicted molar refractivity (Wildman–Crippen MR) is 68.2 cm³/mol. The predicted octanol–water partition coefficient (Wildman–Crippen LogP) is 2.98. The first-order valence-electron chi connectivity index (χ1n) is 5.72. The van der Waals surface area contributed by atoms with Gasteiger partial charge >= 0.3 is 0 Å². The number of imidazole rings is 1. The zero-order chi connectivity index (χ0) is 12.1. The minimum absolute atomic E-state index is 0.231. The van der Waals surface area contributed by atoms with Gasteiger partial charge in [-0.3, -0.25) is 0 Å². The highest BCUT2D eigenvalue weighted by molar-refractivity contribution is 5.47. The molecule has 90 valence electrons. The van der Waals surface area contributed by atoms with Gasteiger partial charge in [-0.05, 0) is 30.7 Å². The summed E-state index contributed by atoms with van der Waals surface area (Å²) in [7, 11) is 1.67. The molecule has 1 heterocycles. The fourth-order valence-electron chi connectivity index (χ4n) is 1.74. The number of anilines is 1. The lowest BCUT2D eigenvalue weighted by Gasteiger charge is -2.16. The topological polar surface area (TPSA) is 49.9 Å². The molecule has 1 atom stereocenters. The van der Waals surface area contributed by atoms with E-state index in [0.717, 1.165) is 23.6 Å². The molecule has 4 heteroatoms. The Morgan fingerprint density at radius 1 is 1.35 bits per heavy atom. The Morgan fingerprint density at radius 3 is 2.65 bits per heavy atom. The molecule has 2 rings (SSSR count). The van der Waals surface area contributed by atoms with Gasteiger partial charge in [0.1, 0.15) is 5.75 Å². The third-order valence-electron chi connectivity index (χ3n) is 2.72. The second-order valence-corrected chi connectivity index (χ2v) is 3.83. The van der Waals surface area contributed by atoms with Crippen LogP contribution >= 0.6 is 0 Å². The summed E-state index contributed by atoms with van der Waals surface area (Å²) in [5.74, 6) is 0.864. The number of H-pyrrole nitrogens is 1. The van der Waals surface area contributed by atoms with Gasteiger partial charge in [-0.2, -0.15) is 0 Å². The summed E-state index contributed by atoms with van der Waals surface area (Å²) in [4.78, 5) is 7.25. The SMILES string of the molecule is CCC(Nc1ccc(OC)cc1)c1c[nH]cn1. The molecule has 0 bridgehead atoms. The summed E-state index contributed by atoms with van der Waals surface area (Å²) in [6.45, 7) is 2.13. The number of ether oxygens (including phenoxy) is 1. The molecular weight excluding hydrogens is 214 g/mol. The van der Waals surface area contributed by atoms with E-state index in [-0.39, 0.29) is 6.04 Å². The van der Waals surface area contributed by atoms with Crippen molar-refractivity contribution in [3.05, 3.63) is 42.5 Å². The van der Waals surface area contributed by atoms with Gasteiger partial charge in [-0.1, -0.05) is 6.92 Å². The molecule has 0 amide bonds. The molecule has 0 spiro atoms. The van der Waals surface area contributed by atoms with Crippen LogP contribution in [0, 0.1) is 0 Å². The van der Waals surface area contributed by atoms with Crippen molar-refractivity contribution in [2.75, 3.05) is 12.4 Å². The summed E-state index contributed by atoms with van der Waals surface area (Å²) in [5.41, 5.74) is 2.10. The molecule has 0 saturated heterocycles. The van der Waals surface area contributed by atoms with E-state index in [4.69, 9.17) is 4.74 Å². The molecule has 1 aromatic heterocycles. The number of aromatic nitrogens is 2. The number of rotatable bonds is 5. The summed E-state index contributed by atoms with van der Waals surface area (Å²) in [6, 6.07) is 8.14. The molecular formula is C13H17N3O. The first kappa shape index (κ1) is 11.5. The molecule has 4 nitrogen and oxygen atoms in total. The molecule has 0 saturated carbocycles. The molecule has 2 aromatic rings. The lowest BCUT2D eigenvalue weighted by Crippen LogP contribution is -2.09. The molecule has 1 unspecified atom stereocenters. The highest BCUT2D eigenvalue weighted by Gasteiger charge is 2.10. The maximum atomic E-state index is 5.13. The summed E-state index contributed by atoms with van der Waals surface area (Å²) in [5, 5.41) is 3.44. The van der Waals surface area contributed by atoms with Gasteiger partial charge in [-0.25, -0.2) is 4.98 Å². The van der Waals surface area contributed by atoms with Crippen LogP contribution < -0.4 is 10.1 Å². The van der Waals surface area contributed by atoms with Gasteiger partial charge in [0.25, 0.3) is 0 Å². The van der Waals surface area contributed by atoms with Gasteiger partial charge in [0.15, 0.2) is 0 Å². The van der Waals surface area contributed by atoms with Crippen molar-refractivity contribution in [1.82, 2.24) is 9.97 Å². The number of aromatic amines is 1. The monoisotopic (exact) mass is 231 g/mol. The largest absolute Gasteiger partial charge is 0.497 e. The maximum Gasteiger partial charge on any atom is 0.119 e. The average Bonchev–Trinajstić information content (AvgIpc) is 2.90. The zero-order valence-corrected chi connectivity index (χ0v) is 10.1. The lowest BCUT2D eigenvalue weighted by molar-refractivity contribution is 0.415. The zero-order valence-electron chi connectivity index (χ0n) is 10.1. The molecule has 0 aliphatic rings. The Kier molecular flexibility index (Phi) is 3.65. The van der Waals surface area contributed by atoms with Crippen LogP contribution in [0.3, 0.4) is 0 Å². The van der Waals surface area contributed by atoms with Crippen LogP contribution in [0.4, 0.5) is 5.69 Å². The number of hydrogen-bond donors (Lipinski definition) is 2. The van der Waals surface area contributed by atoms with Crippen LogP contribution in [0.5, 0.6) is 5.75 Å². The van der Waals surface area contributed by atoms with Gasteiger partial charge in [-0.15, -0.1) is 0 Å². The highest BCUT2D eigenvalue weighted by Crippen LogP contribution is 2.22. The van der Waals surface area contributed by atoms with Crippen LogP contribution in [0.25, 0.3) is 0 Å². The smallest absolute Gasteiger partial charge is 0.119 e. The number of benzene rings is 1. The summed E-state index contributed by atoms with van der Waals surface area (Å²) in [6.07, 6.45) is 4.61. The highest BCUT2D eigenvalue weighted by atomic mass is 16.5. The standard InChI is InChI=1S/C13H17N3O/c1-3-12(13-8-14-9-15-13)16-10-4-6-11(17-2)7-5-10/h4-9,12,16H,3H2,1-2H3,(H,14,15). The molecule has 1 aromatic carbocycles.